The highest BCUT2D eigenvalue weighted by Crippen LogP contribution is 2.49. The average Bonchev–Trinajstić information content (AvgIpc) is 3.61. The van der Waals surface area contributed by atoms with E-state index < -0.39 is 61.4 Å². The van der Waals surface area contributed by atoms with Crippen LogP contribution in [-0.2, 0) is 30.3 Å². The molecular formula is C22H26N7O9PS. The van der Waals surface area contributed by atoms with Gasteiger partial charge in [0.15, 0.2) is 11.5 Å². The lowest BCUT2D eigenvalue weighted by Crippen LogP contribution is -2.33. The Labute approximate surface area is 231 Å². The van der Waals surface area contributed by atoms with Crippen LogP contribution in [0.2, 0.25) is 0 Å². The predicted molar refractivity (Wildman–Crippen MR) is 141 cm³/mol. The molecule has 5 rings (SSSR count). The lowest BCUT2D eigenvalue weighted by Gasteiger charge is -2.24. The fourth-order valence-corrected chi connectivity index (χ4v) is 6.03. The standard InChI is InChI=1S/C22H26N7O9PS/c1-2-3-11-6-28(22(33)27-21(11)32)16-4-12(31)15(37-16)8-35-39(34,40)38-13-5-17(36-14(13)7-30)29-10-26-18-19(23)24-9-25-20(18)29/h6,9-10,12-17,30-31H,4-5,7-8H2,1H3,(H,34,40)(H2,23,24,25)(H,27,32,33)/t12-,13-,14+,15+,16+,17+,39?/m0/s1. The Morgan fingerprint density at radius 1 is 1.23 bits per heavy atom. The van der Waals surface area contributed by atoms with E-state index in [0.717, 1.165) is 4.57 Å². The molecule has 5 heterocycles. The number of nitrogen functional groups attached to an aromatic ring is 1. The van der Waals surface area contributed by atoms with Crippen LogP contribution in [0.25, 0.3) is 11.2 Å². The second-order valence-electron chi connectivity index (χ2n) is 9.06. The third kappa shape index (κ3) is 5.72. The summed E-state index contributed by atoms with van der Waals surface area (Å²) in [5.41, 5.74) is 5.36. The number of rotatable bonds is 8. The number of nitrogens with zero attached hydrogens (tertiary/aromatic N) is 5. The number of aromatic amines is 1. The third-order valence-electron chi connectivity index (χ3n) is 6.47. The van der Waals surface area contributed by atoms with E-state index in [-0.39, 0.29) is 30.8 Å². The van der Waals surface area contributed by atoms with Crippen molar-refractivity contribution < 1.29 is 33.6 Å². The molecular weight excluding hydrogens is 569 g/mol. The molecule has 0 aromatic carbocycles. The number of aliphatic hydroxyl groups excluding tert-OH is 2. The molecule has 16 nitrogen and oxygen atoms in total. The summed E-state index contributed by atoms with van der Waals surface area (Å²) in [4.78, 5) is 49.4. The van der Waals surface area contributed by atoms with Gasteiger partial charge in [-0.15, -0.1) is 5.92 Å². The highest BCUT2D eigenvalue weighted by atomic mass is 32.5. The monoisotopic (exact) mass is 595 g/mol. The molecule has 40 heavy (non-hydrogen) atoms. The number of nitrogens with two attached hydrogens (primary N) is 1. The quantitative estimate of drug-likeness (QED) is 0.154. The van der Waals surface area contributed by atoms with Gasteiger partial charge in [0, 0.05) is 19.0 Å². The number of nitrogens with one attached hydrogen (secondary N) is 1. The van der Waals surface area contributed by atoms with E-state index in [1.54, 1.807) is 11.5 Å². The number of imidazole rings is 1. The molecule has 3 aromatic rings. The molecule has 2 saturated heterocycles. The lowest BCUT2D eigenvalue weighted by atomic mass is 10.2. The normalized spacial score (nSPS) is 27.9. The Bertz CT molecular complexity index is 1630. The van der Waals surface area contributed by atoms with Crippen molar-refractivity contribution in [1.29, 1.82) is 0 Å². The Hall–Kier alpha value is -3.04. The van der Waals surface area contributed by atoms with Crippen LogP contribution in [-0.4, -0.2) is 81.8 Å². The van der Waals surface area contributed by atoms with Gasteiger partial charge in [0.05, 0.1) is 31.7 Å². The summed E-state index contributed by atoms with van der Waals surface area (Å²) in [6, 6.07) is 0. The zero-order chi connectivity index (χ0) is 28.6. The number of ether oxygens (including phenoxy) is 2. The molecule has 0 amide bonds. The molecule has 2 aliphatic rings. The van der Waals surface area contributed by atoms with Crippen LogP contribution in [0.4, 0.5) is 5.82 Å². The molecule has 1 unspecified atom stereocenters. The highest BCUT2D eigenvalue weighted by molar-refractivity contribution is 8.07. The summed E-state index contributed by atoms with van der Waals surface area (Å²) in [7, 11) is 0. The minimum atomic E-state index is -3.91. The molecule has 7 atom stereocenters. The number of hydrogen-bond acceptors (Lipinski definition) is 13. The molecule has 0 bridgehead atoms. The van der Waals surface area contributed by atoms with E-state index in [9.17, 15) is 24.7 Å². The maximum atomic E-state index is 12.3. The van der Waals surface area contributed by atoms with Crippen LogP contribution in [0.1, 0.15) is 37.8 Å². The van der Waals surface area contributed by atoms with Crippen molar-refractivity contribution >= 4 is 35.5 Å². The van der Waals surface area contributed by atoms with Crippen molar-refractivity contribution in [3.8, 4) is 11.8 Å². The molecule has 0 spiro atoms. The molecule has 18 heteroatoms. The van der Waals surface area contributed by atoms with Gasteiger partial charge in [-0.3, -0.25) is 18.9 Å². The lowest BCUT2D eigenvalue weighted by molar-refractivity contribution is -0.0521. The average molecular weight is 596 g/mol. The van der Waals surface area contributed by atoms with Gasteiger partial charge in [0.2, 0.25) is 0 Å². The van der Waals surface area contributed by atoms with E-state index in [2.05, 4.69) is 31.8 Å². The van der Waals surface area contributed by atoms with E-state index in [0.29, 0.717) is 11.2 Å². The van der Waals surface area contributed by atoms with Crippen molar-refractivity contribution in [1.82, 2.24) is 29.1 Å². The summed E-state index contributed by atoms with van der Waals surface area (Å²) in [5, 5.41) is 20.3. The summed E-state index contributed by atoms with van der Waals surface area (Å²) in [6.07, 6.45) is -1.11. The molecule has 0 aliphatic carbocycles. The van der Waals surface area contributed by atoms with Crippen molar-refractivity contribution in [3.05, 3.63) is 45.3 Å². The SMILES string of the molecule is CC#Cc1cn([C@H]2C[C@H](O)[C@@H](COP(O)(=S)O[C@H]3C[C@H](n4cnc5c(N)ncnc54)O[C@@H]3CO)O2)c(=O)[nH]c1=O. The van der Waals surface area contributed by atoms with E-state index in [1.165, 1.54) is 18.9 Å². The van der Waals surface area contributed by atoms with Gasteiger partial charge in [-0.2, -0.15) is 0 Å². The van der Waals surface area contributed by atoms with E-state index >= 15 is 0 Å². The molecule has 6 N–H and O–H groups in total. The van der Waals surface area contributed by atoms with Gasteiger partial charge >= 0.3 is 12.4 Å². The van der Waals surface area contributed by atoms with Gasteiger partial charge in [-0.1, -0.05) is 5.92 Å². The molecule has 3 aromatic heterocycles. The van der Waals surface area contributed by atoms with Gasteiger partial charge in [0.25, 0.3) is 5.56 Å². The molecule has 2 aliphatic heterocycles. The molecule has 2 fully saturated rings. The number of anilines is 1. The van der Waals surface area contributed by atoms with Crippen molar-refractivity contribution in [3.63, 3.8) is 0 Å². The number of hydrogen-bond donors (Lipinski definition) is 5. The summed E-state index contributed by atoms with van der Waals surface area (Å²) >= 11 is 5.17. The topological polar surface area (TPSA) is 222 Å². The molecule has 0 saturated carbocycles. The maximum absolute atomic E-state index is 12.3. The zero-order valence-electron chi connectivity index (χ0n) is 21.0. The third-order valence-corrected chi connectivity index (χ3v) is 8.06. The number of fused-ring (bicyclic) bond motifs is 1. The fourth-order valence-electron chi connectivity index (χ4n) is 4.55. The van der Waals surface area contributed by atoms with Gasteiger partial charge in [-0.25, -0.2) is 19.7 Å². The summed E-state index contributed by atoms with van der Waals surface area (Å²) in [5.74, 6) is 5.39. The number of aromatic nitrogens is 6. The Balaban J connectivity index is 1.23. The first kappa shape index (κ1) is 28.5. The predicted octanol–water partition coefficient (Wildman–Crippen LogP) is -1.12. The number of aliphatic hydroxyl groups is 2. The van der Waals surface area contributed by atoms with Crippen molar-refractivity contribution in [2.45, 2.75) is 56.6 Å². The van der Waals surface area contributed by atoms with Crippen LogP contribution in [0.3, 0.4) is 0 Å². The minimum Gasteiger partial charge on any atom is -0.394 e. The second kappa shape index (κ2) is 11.4. The summed E-state index contributed by atoms with van der Waals surface area (Å²) < 4.78 is 25.5. The van der Waals surface area contributed by atoms with Crippen LogP contribution in [0, 0.1) is 11.8 Å². The molecule has 0 radical (unpaired) electrons. The van der Waals surface area contributed by atoms with Crippen LogP contribution in [0.15, 0.2) is 28.4 Å². The first-order valence-corrected chi connectivity index (χ1v) is 14.7. The van der Waals surface area contributed by atoms with Crippen molar-refractivity contribution in [2.24, 2.45) is 0 Å². The fraction of sp³-hybridized carbons (Fsp3) is 0.500. The Morgan fingerprint density at radius 3 is 2.73 bits per heavy atom. The largest absolute Gasteiger partial charge is 0.394 e. The second-order valence-corrected chi connectivity index (χ2v) is 11.8. The van der Waals surface area contributed by atoms with Gasteiger partial charge in [0.1, 0.15) is 42.1 Å². The van der Waals surface area contributed by atoms with Crippen LogP contribution >= 0.6 is 6.72 Å². The molecule has 214 valence electrons. The summed E-state index contributed by atoms with van der Waals surface area (Å²) in [6.45, 7) is -3.14. The van der Waals surface area contributed by atoms with E-state index in [4.69, 9.17) is 36.1 Å². The van der Waals surface area contributed by atoms with Crippen LogP contribution in [0.5, 0.6) is 0 Å². The van der Waals surface area contributed by atoms with Gasteiger partial charge in [-0.05, 0) is 18.7 Å². The Morgan fingerprint density at radius 2 is 1.98 bits per heavy atom. The van der Waals surface area contributed by atoms with Gasteiger partial charge < -0.3 is 39.4 Å². The first-order chi connectivity index (χ1) is 19.1. The minimum absolute atomic E-state index is 0.00575. The smallest absolute Gasteiger partial charge is 0.330 e. The number of H-pyrrole nitrogens is 1. The maximum Gasteiger partial charge on any atom is 0.330 e. The zero-order valence-corrected chi connectivity index (χ0v) is 22.7. The Kier molecular flexibility index (Phi) is 8.15. The van der Waals surface area contributed by atoms with E-state index in [1.807, 2.05) is 0 Å². The van der Waals surface area contributed by atoms with Crippen molar-refractivity contribution in [2.75, 3.05) is 18.9 Å². The first-order valence-electron chi connectivity index (χ1n) is 12.1. The van der Waals surface area contributed by atoms with Crippen LogP contribution < -0.4 is 17.0 Å². The highest BCUT2D eigenvalue weighted by Gasteiger charge is 2.42.